The lowest BCUT2D eigenvalue weighted by Gasteiger charge is -2.23. The van der Waals surface area contributed by atoms with Gasteiger partial charge in [0.15, 0.2) is 11.5 Å². The van der Waals surface area contributed by atoms with Crippen LogP contribution in [-0.2, 0) is 23.9 Å². The predicted molar refractivity (Wildman–Crippen MR) is 100 cm³/mol. The second kappa shape index (κ2) is 9.13. The van der Waals surface area contributed by atoms with Crippen molar-refractivity contribution < 1.29 is 23.9 Å². The van der Waals surface area contributed by atoms with E-state index in [0.717, 1.165) is 5.57 Å². The minimum Gasteiger partial charge on any atom is -0.492 e. The van der Waals surface area contributed by atoms with Crippen LogP contribution >= 0.6 is 0 Å². The normalized spacial score (nSPS) is 16.1. The smallest absolute Gasteiger partial charge is 0.333 e. The van der Waals surface area contributed by atoms with Crippen molar-refractivity contribution in [1.82, 2.24) is 0 Å². The summed E-state index contributed by atoms with van der Waals surface area (Å²) >= 11 is 0. The van der Waals surface area contributed by atoms with E-state index in [4.69, 9.17) is 9.47 Å². The molecule has 0 radical (unpaired) electrons. The average Bonchev–Trinajstić information content (AvgIpc) is 2.60. The molecular formula is C21H26O5. The summed E-state index contributed by atoms with van der Waals surface area (Å²) in [7, 11) is 1.34. The molecule has 1 aliphatic carbocycles. The first-order chi connectivity index (χ1) is 12.1. The zero-order valence-electron chi connectivity index (χ0n) is 16.3. The van der Waals surface area contributed by atoms with Crippen LogP contribution in [0.4, 0.5) is 0 Å². The minimum absolute atomic E-state index is 0.00873. The molecule has 1 aliphatic rings. The number of Topliss-reactive ketones (excluding diaryl/α,β-unsaturated/α-hetero) is 1. The first-order valence-corrected chi connectivity index (χ1v) is 8.36. The van der Waals surface area contributed by atoms with Crippen LogP contribution in [0.2, 0.25) is 0 Å². The van der Waals surface area contributed by atoms with Crippen molar-refractivity contribution in [2.24, 2.45) is 0 Å². The molecule has 0 aromatic heterocycles. The van der Waals surface area contributed by atoms with Gasteiger partial charge in [0.2, 0.25) is 5.78 Å². The van der Waals surface area contributed by atoms with E-state index >= 15 is 0 Å². The molecule has 0 heterocycles. The molecule has 1 atom stereocenters. The van der Waals surface area contributed by atoms with E-state index < -0.39 is 17.9 Å². The molecule has 1 unspecified atom stereocenters. The Bertz CT molecular complexity index is 755. The molecule has 0 N–H and O–H groups in total. The van der Waals surface area contributed by atoms with E-state index in [2.05, 4.69) is 6.58 Å². The van der Waals surface area contributed by atoms with E-state index in [1.165, 1.54) is 20.1 Å². The third kappa shape index (κ3) is 4.91. The molecule has 5 nitrogen and oxygen atoms in total. The van der Waals surface area contributed by atoms with Gasteiger partial charge in [0, 0.05) is 23.1 Å². The summed E-state index contributed by atoms with van der Waals surface area (Å²) < 4.78 is 10.6. The van der Waals surface area contributed by atoms with Gasteiger partial charge in [-0.3, -0.25) is 9.59 Å². The topological polar surface area (TPSA) is 69.7 Å². The molecule has 0 fully saturated rings. The maximum absolute atomic E-state index is 12.6. The van der Waals surface area contributed by atoms with E-state index in [1.54, 1.807) is 19.9 Å². The molecule has 1 rings (SSSR count). The Morgan fingerprint density at radius 3 is 2.38 bits per heavy atom. The van der Waals surface area contributed by atoms with Crippen LogP contribution < -0.4 is 0 Å². The SMILES string of the molecule is C=C(C1=CC(=O)C(C)=C(OC)C1=O)C(CC=C(C)C)OC(=O)C(C)=CC. The van der Waals surface area contributed by atoms with Gasteiger partial charge in [-0.1, -0.05) is 24.3 Å². The third-order valence-electron chi connectivity index (χ3n) is 4.12. The van der Waals surface area contributed by atoms with E-state index in [-0.39, 0.29) is 28.3 Å². The zero-order chi connectivity index (χ0) is 20.0. The number of hydrogen-bond acceptors (Lipinski definition) is 5. The summed E-state index contributed by atoms with van der Waals surface area (Å²) in [4.78, 5) is 37.0. The van der Waals surface area contributed by atoms with Gasteiger partial charge >= 0.3 is 5.97 Å². The molecule has 0 aromatic rings. The highest BCUT2D eigenvalue weighted by Gasteiger charge is 2.32. The van der Waals surface area contributed by atoms with Crippen molar-refractivity contribution in [3.63, 3.8) is 0 Å². The Kier molecular flexibility index (Phi) is 7.50. The van der Waals surface area contributed by atoms with E-state index in [9.17, 15) is 14.4 Å². The van der Waals surface area contributed by atoms with Crippen LogP contribution in [0.15, 0.2) is 58.4 Å². The van der Waals surface area contributed by atoms with Crippen LogP contribution in [0, 0.1) is 0 Å². The van der Waals surface area contributed by atoms with E-state index in [0.29, 0.717) is 12.0 Å². The molecule has 0 amide bonds. The predicted octanol–water partition coefficient (Wildman–Crippen LogP) is 3.78. The standard InChI is InChI=1S/C21H26O5/c1-8-13(4)21(24)26-18(10-9-12(2)3)14(5)16-11-17(22)15(6)20(25-7)19(16)23/h8-9,11,18H,5,10H2,1-4,6-7H3. The number of methoxy groups -OCH3 is 1. The van der Waals surface area contributed by atoms with Crippen LogP contribution in [-0.4, -0.2) is 30.7 Å². The number of ketones is 2. The quantitative estimate of drug-likeness (QED) is 0.300. The zero-order valence-corrected chi connectivity index (χ0v) is 16.3. The molecule has 0 bridgehead atoms. The molecular weight excluding hydrogens is 332 g/mol. The Hall–Kier alpha value is -2.69. The number of carbonyl (C=O) groups excluding carboxylic acids is 3. The largest absolute Gasteiger partial charge is 0.492 e. The Balaban J connectivity index is 3.21. The second-order valence-corrected chi connectivity index (χ2v) is 6.32. The molecule has 0 saturated carbocycles. The van der Waals surface area contributed by atoms with Gasteiger partial charge in [0.1, 0.15) is 6.10 Å². The van der Waals surface area contributed by atoms with Crippen molar-refractivity contribution in [3.05, 3.63) is 58.4 Å². The fourth-order valence-corrected chi connectivity index (χ4v) is 2.31. The maximum atomic E-state index is 12.6. The van der Waals surface area contributed by atoms with Crippen molar-refractivity contribution in [2.45, 2.75) is 47.1 Å². The van der Waals surface area contributed by atoms with Crippen LogP contribution in [0.5, 0.6) is 0 Å². The van der Waals surface area contributed by atoms with Gasteiger partial charge in [0.05, 0.1) is 7.11 Å². The van der Waals surface area contributed by atoms with Gasteiger partial charge in [0.25, 0.3) is 0 Å². The highest BCUT2D eigenvalue weighted by atomic mass is 16.5. The first kappa shape index (κ1) is 21.4. The van der Waals surface area contributed by atoms with Gasteiger partial charge in [-0.25, -0.2) is 4.79 Å². The summed E-state index contributed by atoms with van der Waals surface area (Å²) in [5.74, 6) is -1.26. The number of hydrogen-bond donors (Lipinski definition) is 0. The van der Waals surface area contributed by atoms with Crippen molar-refractivity contribution in [1.29, 1.82) is 0 Å². The monoisotopic (exact) mass is 358 g/mol. The van der Waals surface area contributed by atoms with Gasteiger partial charge in [-0.05, 0) is 46.3 Å². The number of esters is 1. The molecule has 0 aromatic carbocycles. The lowest BCUT2D eigenvalue weighted by Crippen LogP contribution is -2.27. The second-order valence-electron chi connectivity index (χ2n) is 6.32. The Morgan fingerprint density at radius 2 is 1.88 bits per heavy atom. The number of rotatable bonds is 7. The van der Waals surface area contributed by atoms with Gasteiger partial charge in [-0.2, -0.15) is 0 Å². The van der Waals surface area contributed by atoms with Gasteiger partial charge < -0.3 is 9.47 Å². The summed E-state index contributed by atoms with van der Waals surface area (Å²) in [5, 5.41) is 0. The first-order valence-electron chi connectivity index (χ1n) is 8.36. The summed E-state index contributed by atoms with van der Waals surface area (Å²) in [6.45, 7) is 12.7. The van der Waals surface area contributed by atoms with Crippen LogP contribution in [0.25, 0.3) is 0 Å². The van der Waals surface area contributed by atoms with Crippen molar-refractivity contribution >= 4 is 17.5 Å². The lowest BCUT2D eigenvalue weighted by atomic mass is 9.88. The molecule has 0 saturated heterocycles. The lowest BCUT2D eigenvalue weighted by molar-refractivity contribution is -0.142. The average molecular weight is 358 g/mol. The Morgan fingerprint density at radius 1 is 1.27 bits per heavy atom. The minimum atomic E-state index is -0.758. The highest BCUT2D eigenvalue weighted by Crippen LogP contribution is 2.28. The van der Waals surface area contributed by atoms with Crippen molar-refractivity contribution in [3.8, 4) is 0 Å². The van der Waals surface area contributed by atoms with Crippen LogP contribution in [0.3, 0.4) is 0 Å². The Labute approximate surface area is 154 Å². The summed E-state index contributed by atoms with van der Waals surface area (Å²) in [5.41, 5.74) is 2.12. The molecule has 26 heavy (non-hydrogen) atoms. The highest BCUT2D eigenvalue weighted by molar-refractivity contribution is 6.23. The maximum Gasteiger partial charge on any atom is 0.333 e. The molecule has 140 valence electrons. The molecule has 5 heteroatoms. The molecule has 0 spiro atoms. The summed E-state index contributed by atoms with van der Waals surface area (Å²) in [6, 6.07) is 0. The fraction of sp³-hybridized carbons (Fsp3) is 0.381. The fourth-order valence-electron chi connectivity index (χ4n) is 2.31. The van der Waals surface area contributed by atoms with Gasteiger partial charge in [-0.15, -0.1) is 0 Å². The van der Waals surface area contributed by atoms with E-state index in [1.807, 2.05) is 19.9 Å². The summed E-state index contributed by atoms with van der Waals surface area (Å²) in [6.07, 6.45) is 4.36. The number of allylic oxidation sites excluding steroid dienone is 5. The van der Waals surface area contributed by atoms with Crippen LogP contribution in [0.1, 0.15) is 41.0 Å². The number of ether oxygens (including phenoxy) is 2. The number of carbonyl (C=O) groups is 3. The molecule has 0 aliphatic heterocycles. The van der Waals surface area contributed by atoms with Crippen molar-refractivity contribution in [2.75, 3.05) is 7.11 Å². The third-order valence-corrected chi connectivity index (χ3v) is 4.12.